The number of hydrogen-bond acceptors (Lipinski definition) is 4. The fourth-order valence-electron chi connectivity index (χ4n) is 2.84. The zero-order chi connectivity index (χ0) is 14.8. The molecule has 0 amide bonds. The highest BCUT2D eigenvalue weighted by atomic mass is 16.4. The Hall–Kier alpha value is -2.14. The van der Waals surface area contributed by atoms with Crippen molar-refractivity contribution in [1.82, 2.24) is 4.98 Å². The monoisotopic (exact) mass is 286 g/mol. The van der Waals surface area contributed by atoms with Crippen LogP contribution in [-0.4, -0.2) is 40.4 Å². The molecule has 1 fully saturated rings. The van der Waals surface area contributed by atoms with Gasteiger partial charge in [-0.2, -0.15) is 0 Å². The quantitative estimate of drug-likeness (QED) is 0.882. The molecule has 5 heteroatoms. The molecule has 2 N–H and O–H groups in total. The van der Waals surface area contributed by atoms with E-state index < -0.39 is 5.97 Å². The van der Waals surface area contributed by atoms with Gasteiger partial charge in [0.05, 0.1) is 12.2 Å². The first-order valence-electron chi connectivity index (χ1n) is 7.21. The van der Waals surface area contributed by atoms with E-state index in [1.807, 2.05) is 24.3 Å². The molecular weight excluding hydrogens is 268 g/mol. The number of aromatic nitrogens is 1. The molecule has 3 rings (SSSR count). The van der Waals surface area contributed by atoms with E-state index in [-0.39, 0.29) is 12.2 Å². The first-order valence-corrected chi connectivity index (χ1v) is 7.21. The molecule has 21 heavy (non-hydrogen) atoms. The van der Waals surface area contributed by atoms with Gasteiger partial charge in [-0.25, -0.2) is 9.78 Å². The van der Waals surface area contributed by atoms with E-state index in [1.54, 1.807) is 0 Å². The fourth-order valence-corrected chi connectivity index (χ4v) is 2.84. The summed E-state index contributed by atoms with van der Waals surface area (Å²) in [6.45, 7) is 0.585. The number of carbonyl (C=O) groups is 1. The zero-order valence-electron chi connectivity index (χ0n) is 11.7. The van der Waals surface area contributed by atoms with Crippen molar-refractivity contribution in [2.75, 3.05) is 18.1 Å². The van der Waals surface area contributed by atoms with Crippen molar-refractivity contribution in [3.05, 3.63) is 36.0 Å². The Morgan fingerprint density at radius 1 is 1.29 bits per heavy atom. The predicted molar refractivity (Wildman–Crippen MR) is 80.8 cm³/mol. The number of rotatable bonds is 5. The van der Waals surface area contributed by atoms with Gasteiger partial charge in [-0.1, -0.05) is 24.3 Å². The maximum atomic E-state index is 11.3. The van der Waals surface area contributed by atoms with E-state index >= 15 is 0 Å². The third kappa shape index (κ3) is 2.45. The number of carboxylic acids is 1. The molecule has 0 spiro atoms. The molecule has 0 unspecified atom stereocenters. The Morgan fingerprint density at radius 3 is 2.57 bits per heavy atom. The van der Waals surface area contributed by atoms with E-state index in [4.69, 9.17) is 0 Å². The second-order valence-corrected chi connectivity index (χ2v) is 5.35. The van der Waals surface area contributed by atoms with Crippen LogP contribution in [0, 0.1) is 0 Å². The summed E-state index contributed by atoms with van der Waals surface area (Å²) in [5.41, 5.74) is 0.215. The molecule has 2 aromatic rings. The van der Waals surface area contributed by atoms with Crippen molar-refractivity contribution in [2.24, 2.45) is 0 Å². The van der Waals surface area contributed by atoms with E-state index in [9.17, 15) is 15.0 Å². The molecule has 0 atom stereocenters. The van der Waals surface area contributed by atoms with Crippen LogP contribution >= 0.6 is 0 Å². The van der Waals surface area contributed by atoms with Crippen LogP contribution < -0.4 is 4.90 Å². The van der Waals surface area contributed by atoms with Crippen molar-refractivity contribution in [1.29, 1.82) is 0 Å². The third-order valence-electron chi connectivity index (χ3n) is 4.13. The van der Waals surface area contributed by atoms with E-state index in [0.29, 0.717) is 18.0 Å². The van der Waals surface area contributed by atoms with E-state index in [0.717, 1.165) is 24.0 Å². The van der Waals surface area contributed by atoms with Crippen LogP contribution in [0.15, 0.2) is 30.5 Å². The molecule has 1 aromatic carbocycles. The number of nitrogens with zero attached hydrogens (tertiary/aromatic N) is 2. The number of pyridine rings is 1. The van der Waals surface area contributed by atoms with Crippen molar-refractivity contribution < 1.29 is 15.0 Å². The van der Waals surface area contributed by atoms with Crippen LogP contribution in [0.2, 0.25) is 0 Å². The number of anilines is 1. The van der Waals surface area contributed by atoms with Crippen molar-refractivity contribution in [3.63, 3.8) is 0 Å². The van der Waals surface area contributed by atoms with Gasteiger partial charge < -0.3 is 15.1 Å². The second kappa shape index (κ2) is 5.69. The van der Waals surface area contributed by atoms with Crippen LogP contribution in [0.4, 0.5) is 5.82 Å². The predicted octanol–water partition coefficient (Wildman–Crippen LogP) is 2.28. The highest BCUT2D eigenvalue weighted by Crippen LogP contribution is 2.33. The number of aliphatic hydroxyl groups excluding tert-OH is 1. The van der Waals surface area contributed by atoms with Gasteiger partial charge in [0.2, 0.25) is 0 Å². The van der Waals surface area contributed by atoms with Gasteiger partial charge in [-0.3, -0.25) is 0 Å². The molecule has 0 radical (unpaired) electrons. The molecule has 5 nitrogen and oxygen atoms in total. The smallest absolute Gasteiger partial charge is 0.337 e. The Kier molecular flexibility index (Phi) is 3.75. The Morgan fingerprint density at radius 2 is 2.00 bits per heavy atom. The number of benzene rings is 1. The summed E-state index contributed by atoms with van der Waals surface area (Å²) < 4.78 is 0. The molecule has 0 aliphatic heterocycles. The highest BCUT2D eigenvalue weighted by molar-refractivity contribution is 6.06. The van der Waals surface area contributed by atoms with Crippen LogP contribution in [-0.2, 0) is 0 Å². The molecule has 1 aliphatic rings. The van der Waals surface area contributed by atoms with Gasteiger partial charge in [-0.15, -0.1) is 0 Å². The largest absolute Gasteiger partial charge is 0.478 e. The van der Waals surface area contributed by atoms with Gasteiger partial charge in [-0.05, 0) is 19.3 Å². The normalized spacial score (nSPS) is 14.9. The minimum atomic E-state index is -0.970. The SMILES string of the molecule is O=C(O)c1cnc(N(CCO)C2CCC2)c2ccccc12. The lowest BCUT2D eigenvalue weighted by molar-refractivity contribution is 0.0698. The van der Waals surface area contributed by atoms with Crippen LogP contribution in [0.25, 0.3) is 10.8 Å². The maximum absolute atomic E-state index is 11.3. The Bertz CT molecular complexity index is 668. The number of hydrogen-bond donors (Lipinski definition) is 2. The molecule has 1 heterocycles. The number of fused-ring (bicyclic) bond motifs is 1. The molecule has 1 aromatic heterocycles. The van der Waals surface area contributed by atoms with Crippen LogP contribution in [0.5, 0.6) is 0 Å². The summed E-state index contributed by atoms with van der Waals surface area (Å²) in [6.07, 6.45) is 4.80. The van der Waals surface area contributed by atoms with E-state index in [2.05, 4.69) is 9.88 Å². The average Bonchev–Trinajstić information content (AvgIpc) is 2.43. The van der Waals surface area contributed by atoms with Gasteiger partial charge in [0.15, 0.2) is 0 Å². The van der Waals surface area contributed by atoms with Crippen LogP contribution in [0.1, 0.15) is 29.6 Å². The molecule has 0 saturated heterocycles. The summed E-state index contributed by atoms with van der Waals surface area (Å²) in [6, 6.07) is 7.81. The average molecular weight is 286 g/mol. The first kappa shape index (κ1) is 13.8. The number of carboxylic acid groups (broad SMARTS) is 1. The molecule has 110 valence electrons. The lowest BCUT2D eigenvalue weighted by Crippen LogP contribution is -2.42. The molecule has 1 saturated carbocycles. The molecular formula is C16H18N2O3. The minimum absolute atomic E-state index is 0.0627. The second-order valence-electron chi connectivity index (χ2n) is 5.35. The maximum Gasteiger partial charge on any atom is 0.337 e. The summed E-state index contributed by atoms with van der Waals surface area (Å²) in [7, 11) is 0. The number of aliphatic hydroxyl groups is 1. The highest BCUT2D eigenvalue weighted by Gasteiger charge is 2.27. The number of aromatic carboxylic acids is 1. The summed E-state index contributed by atoms with van der Waals surface area (Å²) in [5, 5.41) is 20.1. The van der Waals surface area contributed by atoms with Gasteiger partial charge in [0, 0.05) is 29.6 Å². The standard InChI is InChI=1S/C16H18N2O3/c19-9-8-18(11-4-3-5-11)15-13-7-2-1-6-12(13)14(10-17-15)16(20)21/h1-2,6-7,10-11,19H,3-5,8-9H2,(H,20,21). The Balaban J connectivity index is 2.13. The van der Waals surface area contributed by atoms with Gasteiger partial charge in [0.1, 0.15) is 5.82 Å². The molecule has 0 bridgehead atoms. The van der Waals surface area contributed by atoms with Crippen molar-refractivity contribution >= 4 is 22.6 Å². The zero-order valence-corrected chi connectivity index (χ0v) is 11.7. The minimum Gasteiger partial charge on any atom is -0.478 e. The van der Waals surface area contributed by atoms with E-state index in [1.165, 1.54) is 12.6 Å². The van der Waals surface area contributed by atoms with Crippen molar-refractivity contribution in [3.8, 4) is 0 Å². The fraction of sp³-hybridized carbons (Fsp3) is 0.375. The Labute approximate surface area is 122 Å². The van der Waals surface area contributed by atoms with Gasteiger partial charge in [0.25, 0.3) is 0 Å². The van der Waals surface area contributed by atoms with Crippen molar-refractivity contribution in [2.45, 2.75) is 25.3 Å². The van der Waals surface area contributed by atoms with Gasteiger partial charge >= 0.3 is 5.97 Å². The summed E-state index contributed by atoms with van der Waals surface area (Å²) in [4.78, 5) is 17.8. The lowest BCUT2D eigenvalue weighted by atomic mass is 9.91. The summed E-state index contributed by atoms with van der Waals surface area (Å²) >= 11 is 0. The lowest BCUT2D eigenvalue weighted by Gasteiger charge is -2.38. The molecule has 1 aliphatic carbocycles. The van der Waals surface area contributed by atoms with Crippen LogP contribution in [0.3, 0.4) is 0 Å². The topological polar surface area (TPSA) is 73.7 Å². The summed E-state index contributed by atoms with van der Waals surface area (Å²) in [5.74, 6) is -0.197. The third-order valence-corrected chi connectivity index (χ3v) is 4.13. The first-order chi connectivity index (χ1) is 10.2.